The standard InChI is InChI=1S/C16H18N2O4/c1-11-14(16(20)21)9-13(22-11)10-18(2)15(19)7-6-12-5-3-4-8-17-12/h3-5,8-9H,6-7,10H2,1-2H3,(H,20,21). The molecule has 2 rings (SSSR count). The third-order valence-electron chi connectivity index (χ3n) is 3.34. The molecule has 6 heteroatoms. The van der Waals surface area contributed by atoms with Crippen molar-refractivity contribution in [1.29, 1.82) is 0 Å². The zero-order valence-electron chi connectivity index (χ0n) is 12.6. The molecule has 6 nitrogen and oxygen atoms in total. The van der Waals surface area contributed by atoms with Crippen LogP contribution in [0, 0.1) is 6.92 Å². The molecule has 1 amide bonds. The van der Waals surface area contributed by atoms with Crippen molar-refractivity contribution >= 4 is 11.9 Å². The maximum Gasteiger partial charge on any atom is 0.339 e. The molecule has 0 fully saturated rings. The molecular formula is C16H18N2O4. The highest BCUT2D eigenvalue weighted by molar-refractivity contribution is 5.88. The Hall–Kier alpha value is -2.63. The molecule has 0 atom stereocenters. The van der Waals surface area contributed by atoms with Gasteiger partial charge in [-0.15, -0.1) is 0 Å². The van der Waals surface area contributed by atoms with Crippen molar-refractivity contribution in [2.24, 2.45) is 0 Å². The van der Waals surface area contributed by atoms with Gasteiger partial charge in [0.05, 0.1) is 6.54 Å². The molecule has 0 spiro atoms. The fourth-order valence-corrected chi connectivity index (χ4v) is 2.13. The smallest absolute Gasteiger partial charge is 0.339 e. The summed E-state index contributed by atoms with van der Waals surface area (Å²) in [6.45, 7) is 1.84. The highest BCUT2D eigenvalue weighted by atomic mass is 16.4. The van der Waals surface area contributed by atoms with E-state index in [1.807, 2.05) is 18.2 Å². The Kier molecular flexibility index (Phi) is 4.93. The van der Waals surface area contributed by atoms with Crippen LogP contribution in [0.2, 0.25) is 0 Å². The lowest BCUT2D eigenvalue weighted by molar-refractivity contribution is -0.130. The van der Waals surface area contributed by atoms with Crippen molar-refractivity contribution in [3.8, 4) is 0 Å². The largest absolute Gasteiger partial charge is 0.478 e. The van der Waals surface area contributed by atoms with E-state index in [1.165, 1.54) is 11.0 Å². The van der Waals surface area contributed by atoms with Crippen molar-refractivity contribution < 1.29 is 19.1 Å². The van der Waals surface area contributed by atoms with Gasteiger partial charge in [0, 0.05) is 25.4 Å². The zero-order chi connectivity index (χ0) is 16.1. The second-order valence-electron chi connectivity index (χ2n) is 5.06. The molecular weight excluding hydrogens is 284 g/mol. The first-order chi connectivity index (χ1) is 10.5. The third-order valence-corrected chi connectivity index (χ3v) is 3.34. The fourth-order valence-electron chi connectivity index (χ4n) is 2.13. The number of aromatic nitrogens is 1. The number of carboxylic acid groups (broad SMARTS) is 1. The Morgan fingerprint density at radius 1 is 1.36 bits per heavy atom. The monoisotopic (exact) mass is 302 g/mol. The van der Waals surface area contributed by atoms with Crippen molar-refractivity contribution in [1.82, 2.24) is 9.88 Å². The minimum Gasteiger partial charge on any atom is -0.478 e. The molecule has 0 radical (unpaired) electrons. The van der Waals surface area contributed by atoms with E-state index in [2.05, 4.69) is 4.98 Å². The average Bonchev–Trinajstić information content (AvgIpc) is 2.86. The summed E-state index contributed by atoms with van der Waals surface area (Å²) in [6.07, 6.45) is 2.61. The molecule has 1 N–H and O–H groups in total. The van der Waals surface area contributed by atoms with Gasteiger partial charge in [0.1, 0.15) is 17.1 Å². The van der Waals surface area contributed by atoms with E-state index in [1.54, 1.807) is 20.2 Å². The van der Waals surface area contributed by atoms with Gasteiger partial charge >= 0.3 is 5.97 Å². The van der Waals surface area contributed by atoms with Crippen LogP contribution in [0.5, 0.6) is 0 Å². The van der Waals surface area contributed by atoms with Crippen LogP contribution in [0.15, 0.2) is 34.9 Å². The lowest BCUT2D eigenvalue weighted by Crippen LogP contribution is -2.26. The van der Waals surface area contributed by atoms with Gasteiger partial charge in [0.25, 0.3) is 0 Å². The van der Waals surface area contributed by atoms with Crippen LogP contribution in [-0.2, 0) is 17.8 Å². The number of aryl methyl sites for hydroxylation is 2. The van der Waals surface area contributed by atoms with E-state index >= 15 is 0 Å². The zero-order valence-corrected chi connectivity index (χ0v) is 12.6. The molecule has 0 aliphatic carbocycles. The summed E-state index contributed by atoms with van der Waals surface area (Å²) >= 11 is 0. The Morgan fingerprint density at radius 3 is 2.73 bits per heavy atom. The van der Waals surface area contributed by atoms with E-state index in [0.717, 1.165) is 5.69 Å². The highest BCUT2D eigenvalue weighted by Gasteiger charge is 2.16. The van der Waals surface area contributed by atoms with Gasteiger partial charge in [0.2, 0.25) is 5.91 Å². The van der Waals surface area contributed by atoms with Gasteiger partial charge in [-0.25, -0.2) is 4.79 Å². The Bertz CT molecular complexity index is 664. The van der Waals surface area contributed by atoms with E-state index in [4.69, 9.17) is 9.52 Å². The van der Waals surface area contributed by atoms with Crippen LogP contribution < -0.4 is 0 Å². The SMILES string of the molecule is Cc1oc(CN(C)C(=O)CCc2ccccn2)cc1C(=O)O. The molecule has 116 valence electrons. The topological polar surface area (TPSA) is 83.6 Å². The first-order valence-corrected chi connectivity index (χ1v) is 6.94. The first-order valence-electron chi connectivity index (χ1n) is 6.94. The molecule has 0 saturated carbocycles. The molecule has 0 saturated heterocycles. The van der Waals surface area contributed by atoms with Gasteiger partial charge in [-0.1, -0.05) is 6.07 Å². The number of rotatable bonds is 6. The number of pyridine rings is 1. The predicted molar refractivity (Wildman–Crippen MR) is 79.4 cm³/mol. The number of hydrogen-bond acceptors (Lipinski definition) is 4. The minimum absolute atomic E-state index is 0.0448. The third kappa shape index (κ3) is 3.94. The van der Waals surface area contributed by atoms with Crippen LogP contribution in [0.25, 0.3) is 0 Å². The van der Waals surface area contributed by atoms with Crippen molar-refractivity contribution in [3.63, 3.8) is 0 Å². The second-order valence-corrected chi connectivity index (χ2v) is 5.06. The maximum absolute atomic E-state index is 12.1. The van der Waals surface area contributed by atoms with Crippen LogP contribution in [0.1, 0.15) is 34.0 Å². The van der Waals surface area contributed by atoms with Crippen LogP contribution in [-0.4, -0.2) is 33.9 Å². The van der Waals surface area contributed by atoms with Gasteiger partial charge < -0.3 is 14.4 Å². The second kappa shape index (κ2) is 6.89. The summed E-state index contributed by atoms with van der Waals surface area (Å²) in [6, 6.07) is 7.05. The van der Waals surface area contributed by atoms with Crippen LogP contribution in [0.4, 0.5) is 0 Å². The Balaban J connectivity index is 1.91. The number of carbonyl (C=O) groups excluding carboxylic acids is 1. The lowest BCUT2D eigenvalue weighted by Gasteiger charge is -2.15. The summed E-state index contributed by atoms with van der Waals surface area (Å²) in [7, 11) is 1.67. The van der Waals surface area contributed by atoms with Crippen molar-refractivity contribution in [3.05, 3.63) is 53.2 Å². The van der Waals surface area contributed by atoms with Crippen molar-refractivity contribution in [2.45, 2.75) is 26.3 Å². The van der Waals surface area contributed by atoms with E-state index < -0.39 is 5.97 Å². The predicted octanol–water partition coefficient (Wildman–Crippen LogP) is 2.27. The van der Waals surface area contributed by atoms with E-state index in [-0.39, 0.29) is 18.0 Å². The summed E-state index contributed by atoms with van der Waals surface area (Å²) in [5.74, 6) is -0.270. The summed E-state index contributed by atoms with van der Waals surface area (Å²) in [4.78, 5) is 28.7. The first kappa shape index (κ1) is 15.8. The summed E-state index contributed by atoms with van der Waals surface area (Å²) in [5.41, 5.74) is 0.996. The Labute approximate surface area is 128 Å². The molecule has 0 aromatic carbocycles. The van der Waals surface area contributed by atoms with E-state index in [0.29, 0.717) is 24.4 Å². The molecule has 22 heavy (non-hydrogen) atoms. The van der Waals surface area contributed by atoms with Crippen LogP contribution in [0.3, 0.4) is 0 Å². The van der Waals surface area contributed by atoms with Gasteiger partial charge in [-0.05, 0) is 31.5 Å². The molecule has 2 aromatic rings. The quantitative estimate of drug-likeness (QED) is 0.885. The number of amides is 1. The number of carbonyl (C=O) groups is 2. The number of aromatic carboxylic acids is 1. The molecule has 0 bridgehead atoms. The molecule has 0 unspecified atom stereocenters. The molecule has 0 aliphatic rings. The van der Waals surface area contributed by atoms with Gasteiger partial charge in [-0.2, -0.15) is 0 Å². The van der Waals surface area contributed by atoms with Gasteiger partial charge in [-0.3, -0.25) is 9.78 Å². The normalized spacial score (nSPS) is 10.5. The number of carboxylic acids is 1. The number of nitrogens with zero attached hydrogens (tertiary/aromatic N) is 2. The van der Waals surface area contributed by atoms with Crippen LogP contribution >= 0.6 is 0 Å². The highest BCUT2D eigenvalue weighted by Crippen LogP contribution is 2.16. The molecule has 0 aliphatic heterocycles. The molecule has 2 aromatic heterocycles. The average molecular weight is 302 g/mol. The van der Waals surface area contributed by atoms with Gasteiger partial charge in [0.15, 0.2) is 0 Å². The number of furan rings is 1. The Morgan fingerprint density at radius 2 is 2.14 bits per heavy atom. The summed E-state index contributed by atoms with van der Waals surface area (Å²) < 4.78 is 5.37. The minimum atomic E-state index is -1.03. The summed E-state index contributed by atoms with van der Waals surface area (Å²) in [5, 5.41) is 8.99. The number of hydrogen-bond donors (Lipinski definition) is 1. The lowest BCUT2D eigenvalue weighted by atomic mass is 10.2. The fraction of sp³-hybridized carbons (Fsp3) is 0.312. The molecule has 2 heterocycles. The van der Waals surface area contributed by atoms with E-state index in [9.17, 15) is 9.59 Å². The maximum atomic E-state index is 12.1. The van der Waals surface area contributed by atoms with Crippen molar-refractivity contribution in [2.75, 3.05) is 7.05 Å².